The molecule has 2 N–H and O–H groups in total. The number of carbonyl (C=O) groups excluding carboxylic acids is 2. The molecule has 174 valence electrons. The Bertz CT molecular complexity index is 1280. The number of benzodiazepines with no additional fused rings is 1. The molecule has 0 fully saturated rings. The molecular weight excluding hydrogens is 513 g/mol. The number of amides is 3. The molecule has 1 aliphatic heterocycles. The minimum atomic E-state index is -4.69. The first-order chi connectivity index (χ1) is 16.1. The Balaban J connectivity index is 1.68. The van der Waals surface area contributed by atoms with Crippen LogP contribution in [0.5, 0.6) is 0 Å². The van der Waals surface area contributed by atoms with Gasteiger partial charge in [-0.25, -0.2) is 9.79 Å². The van der Waals surface area contributed by atoms with Crippen LogP contribution in [0.3, 0.4) is 0 Å². The largest absolute Gasteiger partial charge is 0.418 e. The fourth-order valence-electron chi connectivity index (χ4n) is 3.59. The SMILES string of the molecule is CN1C(=O)[C@H](NC(=O)Nc2ccc(Br)cc2C(F)(F)F)N=C(c2ccccc2)c2ccccc21. The number of anilines is 2. The number of rotatable bonds is 3. The lowest BCUT2D eigenvalue weighted by Crippen LogP contribution is -2.47. The molecule has 3 amide bonds. The van der Waals surface area contributed by atoms with Crippen LogP contribution < -0.4 is 15.5 Å². The van der Waals surface area contributed by atoms with Gasteiger partial charge in [0.1, 0.15) is 0 Å². The number of urea groups is 1. The van der Waals surface area contributed by atoms with Gasteiger partial charge in [-0.1, -0.05) is 64.5 Å². The van der Waals surface area contributed by atoms with Crippen molar-refractivity contribution in [1.29, 1.82) is 0 Å². The van der Waals surface area contributed by atoms with Crippen molar-refractivity contribution in [3.63, 3.8) is 0 Å². The molecular formula is C24H18BrF3N4O2. The number of nitrogens with zero attached hydrogens (tertiary/aromatic N) is 2. The van der Waals surface area contributed by atoms with Gasteiger partial charge in [0.15, 0.2) is 0 Å². The Kier molecular flexibility index (Phi) is 6.43. The van der Waals surface area contributed by atoms with Gasteiger partial charge in [0, 0.05) is 22.6 Å². The number of alkyl halides is 3. The molecule has 4 rings (SSSR count). The highest BCUT2D eigenvalue weighted by Crippen LogP contribution is 2.36. The minimum absolute atomic E-state index is 0.209. The predicted molar refractivity (Wildman–Crippen MR) is 127 cm³/mol. The number of likely N-dealkylation sites (N-methyl/N-ethyl adjacent to an activating group) is 1. The van der Waals surface area contributed by atoms with Crippen LogP contribution >= 0.6 is 15.9 Å². The molecule has 3 aromatic carbocycles. The molecule has 6 nitrogen and oxygen atoms in total. The lowest BCUT2D eigenvalue weighted by atomic mass is 10.0. The van der Waals surface area contributed by atoms with Crippen LogP contribution in [0, 0.1) is 0 Å². The van der Waals surface area contributed by atoms with Crippen molar-refractivity contribution in [2.45, 2.75) is 12.3 Å². The Morgan fingerprint density at radius 3 is 2.41 bits per heavy atom. The summed E-state index contributed by atoms with van der Waals surface area (Å²) in [6.07, 6.45) is -6.05. The second kappa shape index (κ2) is 9.30. The molecule has 0 aromatic heterocycles. The summed E-state index contributed by atoms with van der Waals surface area (Å²) in [5.74, 6) is -0.541. The normalized spacial score (nSPS) is 15.8. The van der Waals surface area contributed by atoms with Crippen molar-refractivity contribution in [3.8, 4) is 0 Å². The van der Waals surface area contributed by atoms with E-state index in [4.69, 9.17) is 0 Å². The number of hydrogen-bond acceptors (Lipinski definition) is 3. The summed E-state index contributed by atoms with van der Waals surface area (Å²) in [5, 5.41) is 4.60. The summed E-state index contributed by atoms with van der Waals surface area (Å²) >= 11 is 3.00. The van der Waals surface area contributed by atoms with E-state index >= 15 is 0 Å². The zero-order valence-corrected chi connectivity index (χ0v) is 19.3. The van der Waals surface area contributed by atoms with Gasteiger partial charge in [-0.15, -0.1) is 0 Å². The second-order valence-corrected chi connectivity index (χ2v) is 8.36. The molecule has 0 radical (unpaired) electrons. The summed E-state index contributed by atoms with van der Waals surface area (Å²) in [4.78, 5) is 31.7. The van der Waals surface area contributed by atoms with E-state index in [1.807, 2.05) is 42.5 Å². The van der Waals surface area contributed by atoms with Gasteiger partial charge in [-0.05, 0) is 24.3 Å². The van der Waals surface area contributed by atoms with Crippen LogP contribution in [0.15, 0.2) is 82.3 Å². The maximum Gasteiger partial charge on any atom is 0.418 e. The molecule has 3 aromatic rings. The fourth-order valence-corrected chi connectivity index (χ4v) is 3.95. The van der Waals surface area contributed by atoms with Crippen LogP contribution in [-0.2, 0) is 11.0 Å². The van der Waals surface area contributed by atoms with E-state index in [-0.39, 0.29) is 4.47 Å². The number of aliphatic imine (C=N–C) groups is 1. The van der Waals surface area contributed by atoms with Crippen molar-refractivity contribution in [3.05, 3.63) is 94.0 Å². The van der Waals surface area contributed by atoms with Crippen LogP contribution in [0.25, 0.3) is 0 Å². The molecule has 0 bridgehead atoms. The number of para-hydroxylation sites is 1. The molecule has 34 heavy (non-hydrogen) atoms. The van der Waals surface area contributed by atoms with Gasteiger partial charge in [0.25, 0.3) is 5.91 Å². The first kappa shape index (κ1) is 23.5. The van der Waals surface area contributed by atoms with Crippen LogP contribution in [0.4, 0.5) is 29.3 Å². The second-order valence-electron chi connectivity index (χ2n) is 7.45. The highest BCUT2D eigenvalue weighted by Gasteiger charge is 2.35. The highest BCUT2D eigenvalue weighted by atomic mass is 79.9. The van der Waals surface area contributed by atoms with Crippen molar-refractivity contribution in [1.82, 2.24) is 5.32 Å². The number of carbonyl (C=O) groups is 2. The van der Waals surface area contributed by atoms with E-state index < -0.39 is 35.5 Å². The Morgan fingerprint density at radius 2 is 1.71 bits per heavy atom. The van der Waals surface area contributed by atoms with Gasteiger partial charge in [0.05, 0.1) is 22.6 Å². The average molecular weight is 531 g/mol. The lowest BCUT2D eigenvalue weighted by Gasteiger charge is -2.21. The molecule has 1 aliphatic rings. The number of halogens is 4. The van der Waals surface area contributed by atoms with Gasteiger partial charge >= 0.3 is 12.2 Å². The number of fused-ring (bicyclic) bond motifs is 1. The Morgan fingerprint density at radius 1 is 1.03 bits per heavy atom. The quantitative estimate of drug-likeness (QED) is 0.473. The number of nitrogens with one attached hydrogen (secondary N) is 2. The van der Waals surface area contributed by atoms with Crippen molar-refractivity contribution in [2.24, 2.45) is 4.99 Å². The molecule has 0 unspecified atom stereocenters. The summed E-state index contributed by atoms with van der Waals surface area (Å²) in [6.45, 7) is 0. The van der Waals surface area contributed by atoms with Crippen LogP contribution in [-0.4, -0.2) is 30.9 Å². The maximum absolute atomic E-state index is 13.4. The standard InChI is InChI=1S/C24H18BrF3N4O2/c1-32-19-10-6-5-9-16(19)20(14-7-3-2-4-8-14)30-21(22(32)33)31-23(34)29-18-12-11-15(25)13-17(18)24(26,27)28/h2-13,21H,1H3,(H2,29,31,34)/t21-/m0/s1. The van der Waals surface area contributed by atoms with Gasteiger partial charge in [-0.2, -0.15) is 13.2 Å². The van der Waals surface area contributed by atoms with E-state index in [9.17, 15) is 22.8 Å². The van der Waals surface area contributed by atoms with Crippen molar-refractivity contribution in [2.75, 3.05) is 17.3 Å². The summed E-state index contributed by atoms with van der Waals surface area (Å²) in [5.41, 5.74) is 0.991. The lowest BCUT2D eigenvalue weighted by molar-refractivity contribution is -0.137. The molecule has 1 heterocycles. The fraction of sp³-hybridized carbons (Fsp3) is 0.125. The molecule has 0 aliphatic carbocycles. The van der Waals surface area contributed by atoms with Crippen molar-refractivity contribution >= 4 is 45.0 Å². The first-order valence-electron chi connectivity index (χ1n) is 10.1. The van der Waals surface area contributed by atoms with Crippen LogP contribution in [0.2, 0.25) is 0 Å². The topological polar surface area (TPSA) is 73.8 Å². The van der Waals surface area contributed by atoms with E-state index in [0.29, 0.717) is 17.0 Å². The predicted octanol–water partition coefficient (Wildman–Crippen LogP) is 5.43. The summed E-state index contributed by atoms with van der Waals surface area (Å²) in [6, 6.07) is 18.6. The zero-order valence-electron chi connectivity index (χ0n) is 17.7. The monoisotopic (exact) mass is 530 g/mol. The third kappa shape index (κ3) is 4.81. The van der Waals surface area contributed by atoms with Crippen LogP contribution in [0.1, 0.15) is 16.7 Å². The van der Waals surface area contributed by atoms with E-state index in [1.54, 1.807) is 19.2 Å². The number of benzene rings is 3. The van der Waals surface area contributed by atoms with Gasteiger partial charge in [0.2, 0.25) is 6.17 Å². The summed E-state index contributed by atoms with van der Waals surface area (Å²) < 4.78 is 40.5. The summed E-state index contributed by atoms with van der Waals surface area (Å²) in [7, 11) is 1.55. The smallest absolute Gasteiger partial charge is 0.311 e. The molecule has 1 atom stereocenters. The molecule has 0 saturated heterocycles. The molecule has 0 spiro atoms. The highest BCUT2D eigenvalue weighted by molar-refractivity contribution is 9.10. The molecule has 10 heteroatoms. The minimum Gasteiger partial charge on any atom is -0.311 e. The van der Waals surface area contributed by atoms with Gasteiger partial charge in [-0.3, -0.25) is 4.79 Å². The average Bonchev–Trinajstić information content (AvgIpc) is 2.91. The first-order valence-corrected chi connectivity index (χ1v) is 10.9. The van der Waals surface area contributed by atoms with E-state index in [2.05, 4.69) is 31.6 Å². The zero-order chi connectivity index (χ0) is 24.5. The van der Waals surface area contributed by atoms with E-state index in [0.717, 1.165) is 17.7 Å². The third-order valence-corrected chi connectivity index (χ3v) is 5.69. The Hall–Kier alpha value is -3.66. The third-order valence-electron chi connectivity index (χ3n) is 5.19. The van der Waals surface area contributed by atoms with E-state index in [1.165, 1.54) is 11.0 Å². The van der Waals surface area contributed by atoms with Crippen molar-refractivity contribution < 1.29 is 22.8 Å². The Labute approximate surface area is 201 Å². The van der Waals surface area contributed by atoms with Gasteiger partial charge < -0.3 is 15.5 Å². The maximum atomic E-state index is 13.4. The molecule has 0 saturated carbocycles. The number of hydrogen-bond donors (Lipinski definition) is 2.